The number of primary amides is 1. The summed E-state index contributed by atoms with van der Waals surface area (Å²) in [6, 6.07) is 13.8. The molecule has 0 fully saturated rings. The standard InChI is InChI=1S/C16H14ClN5O2/c17-13-5-7-14(8-6-13)24-10-9-22-20-16(19-21-22)12-3-1-11(2-4-12)15(18)23/h1-8H,9-10H2,(H2,18,23). The fourth-order valence-electron chi connectivity index (χ4n) is 2.01. The third-order valence-electron chi connectivity index (χ3n) is 3.25. The highest BCUT2D eigenvalue weighted by Gasteiger charge is 2.07. The number of hydrogen-bond donors (Lipinski definition) is 1. The Kier molecular flexibility index (Phi) is 4.72. The molecule has 1 heterocycles. The number of benzene rings is 2. The van der Waals surface area contributed by atoms with Crippen LogP contribution >= 0.6 is 11.6 Å². The number of rotatable bonds is 6. The van der Waals surface area contributed by atoms with E-state index >= 15 is 0 Å². The highest BCUT2D eigenvalue weighted by atomic mass is 35.5. The van der Waals surface area contributed by atoms with Gasteiger partial charge in [0.05, 0.1) is 6.54 Å². The molecule has 1 aromatic heterocycles. The molecule has 0 aliphatic heterocycles. The van der Waals surface area contributed by atoms with Gasteiger partial charge >= 0.3 is 0 Å². The second-order valence-electron chi connectivity index (χ2n) is 4.95. The predicted molar refractivity (Wildman–Crippen MR) is 88.7 cm³/mol. The first-order valence-electron chi connectivity index (χ1n) is 7.18. The van der Waals surface area contributed by atoms with Crippen molar-refractivity contribution in [2.75, 3.05) is 6.61 Å². The molecule has 0 spiro atoms. The number of tetrazole rings is 1. The van der Waals surface area contributed by atoms with E-state index in [1.54, 1.807) is 48.5 Å². The largest absolute Gasteiger partial charge is 0.492 e. The first kappa shape index (κ1) is 15.9. The summed E-state index contributed by atoms with van der Waals surface area (Å²) in [5.41, 5.74) is 6.40. The minimum Gasteiger partial charge on any atom is -0.492 e. The molecule has 0 unspecified atom stereocenters. The van der Waals surface area contributed by atoms with Gasteiger partial charge in [-0.05, 0) is 41.6 Å². The predicted octanol–water partition coefficient (Wildman–Crippen LogP) is 2.17. The normalized spacial score (nSPS) is 10.5. The summed E-state index contributed by atoms with van der Waals surface area (Å²) < 4.78 is 5.58. The lowest BCUT2D eigenvalue weighted by Gasteiger charge is -2.04. The van der Waals surface area contributed by atoms with E-state index in [1.807, 2.05) is 0 Å². The average Bonchev–Trinajstić information content (AvgIpc) is 3.06. The number of carbonyl (C=O) groups is 1. The molecule has 0 aliphatic rings. The monoisotopic (exact) mass is 343 g/mol. The molecule has 0 saturated carbocycles. The summed E-state index contributed by atoms with van der Waals surface area (Å²) in [6.45, 7) is 0.854. The van der Waals surface area contributed by atoms with Gasteiger partial charge in [-0.25, -0.2) is 0 Å². The van der Waals surface area contributed by atoms with Gasteiger partial charge in [0.25, 0.3) is 0 Å². The van der Waals surface area contributed by atoms with E-state index in [2.05, 4.69) is 15.4 Å². The van der Waals surface area contributed by atoms with Crippen LogP contribution in [0.15, 0.2) is 48.5 Å². The number of aromatic nitrogens is 4. The van der Waals surface area contributed by atoms with E-state index in [4.69, 9.17) is 22.1 Å². The Balaban J connectivity index is 1.59. The molecule has 0 radical (unpaired) electrons. The Morgan fingerprint density at radius 2 is 1.83 bits per heavy atom. The van der Waals surface area contributed by atoms with Gasteiger partial charge in [-0.15, -0.1) is 10.2 Å². The number of carbonyl (C=O) groups excluding carboxylic acids is 1. The molecule has 122 valence electrons. The Hall–Kier alpha value is -2.93. The van der Waals surface area contributed by atoms with Crippen LogP contribution in [0.5, 0.6) is 5.75 Å². The zero-order chi connectivity index (χ0) is 16.9. The fraction of sp³-hybridized carbons (Fsp3) is 0.125. The summed E-state index contributed by atoms with van der Waals surface area (Å²) in [6.07, 6.45) is 0. The van der Waals surface area contributed by atoms with E-state index in [0.29, 0.717) is 29.6 Å². The zero-order valence-electron chi connectivity index (χ0n) is 12.6. The zero-order valence-corrected chi connectivity index (χ0v) is 13.3. The minimum atomic E-state index is -0.475. The van der Waals surface area contributed by atoms with Gasteiger partial charge in [0.15, 0.2) is 0 Å². The summed E-state index contributed by atoms with van der Waals surface area (Å²) in [4.78, 5) is 12.5. The van der Waals surface area contributed by atoms with Gasteiger partial charge in [0.1, 0.15) is 12.4 Å². The van der Waals surface area contributed by atoms with Gasteiger partial charge in [0, 0.05) is 16.1 Å². The van der Waals surface area contributed by atoms with Gasteiger partial charge in [0.2, 0.25) is 11.7 Å². The lowest BCUT2D eigenvalue weighted by Crippen LogP contribution is -2.11. The van der Waals surface area contributed by atoms with Crippen LogP contribution < -0.4 is 10.5 Å². The molecule has 7 nitrogen and oxygen atoms in total. The molecule has 0 atom stereocenters. The van der Waals surface area contributed by atoms with Crippen molar-refractivity contribution in [1.29, 1.82) is 0 Å². The SMILES string of the molecule is NC(=O)c1ccc(-c2nnn(CCOc3ccc(Cl)cc3)n2)cc1. The van der Waals surface area contributed by atoms with E-state index in [9.17, 15) is 4.79 Å². The van der Waals surface area contributed by atoms with Crippen molar-refractivity contribution in [3.63, 3.8) is 0 Å². The molecule has 0 saturated heterocycles. The lowest BCUT2D eigenvalue weighted by molar-refractivity contribution is 0.100. The molecule has 0 bridgehead atoms. The maximum absolute atomic E-state index is 11.1. The molecule has 2 N–H and O–H groups in total. The van der Waals surface area contributed by atoms with Crippen molar-refractivity contribution < 1.29 is 9.53 Å². The number of hydrogen-bond acceptors (Lipinski definition) is 5. The third-order valence-corrected chi connectivity index (χ3v) is 3.51. The summed E-state index contributed by atoms with van der Waals surface area (Å²) in [5.74, 6) is 0.719. The smallest absolute Gasteiger partial charge is 0.248 e. The Morgan fingerprint density at radius 3 is 2.50 bits per heavy atom. The number of amides is 1. The highest BCUT2D eigenvalue weighted by molar-refractivity contribution is 6.30. The van der Waals surface area contributed by atoms with Crippen molar-refractivity contribution >= 4 is 17.5 Å². The topological polar surface area (TPSA) is 95.9 Å². The first-order chi connectivity index (χ1) is 11.6. The van der Waals surface area contributed by atoms with Crippen LogP contribution in [0.4, 0.5) is 0 Å². The second-order valence-corrected chi connectivity index (χ2v) is 5.39. The first-order valence-corrected chi connectivity index (χ1v) is 7.56. The summed E-state index contributed by atoms with van der Waals surface area (Å²) in [5, 5.41) is 12.9. The van der Waals surface area contributed by atoms with E-state index in [1.165, 1.54) is 4.80 Å². The Bertz CT molecular complexity index is 830. The van der Waals surface area contributed by atoms with Crippen molar-refractivity contribution in [3.05, 3.63) is 59.1 Å². The van der Waals surface area contributed by atoms with Crippen LogP contribution in [0.3, 0.4) is 0 Å². The van der Waals surface area contributed by atoms with Crippen LogP contribution in [0.25, 0.3) is 11.4 Å². The van der Waals surface area contributed by atoms with Crippen molar-refractivity contribution in [3.8, 4) is 17.1 Å². The number of ether oxygens (including phenoxy) is 1. The molecular weight excluding hydrogens is 330 g/mol. The Morgan fingerprint density at radius 1 is 1.12 bits per heavy atom. The Labute approximate surface area is 143 Å². The number of halogens is 1. The molecule has 3 rings (SSSR count). The van der Waals surface area contributed by atoms with Crippen molar-refractivity contribution in [1.82, 2.24) is 20.2 Å². The van der Waals surface area contributed by atoms with Crippen LogP contribution in [-0.4, -0.2) is 32.7 Å². The summed E-state index contributed by atoms with van der Waals surface area (Å²) in [7, 11) is 0. The van der Waals surface area contributed by atoms with Gasteiger partial charge in [-0.2, -0.15) is 4.80 Å². The van der Waals surface area contributed by atoms with Gasteiger partial charge in [-0.3, -0.25) is 4.79 Å². The molecule has 3 aromatic rings. The lowest BCUT2D eigenvalue weighted by atomic mass is 10.1. The number of nitrogens with zero attached hydrogens (tertiary/aromatic N) is 4. The summed E-state index contributed by atoms with van der Waals surface area (Å²) >= 11 is 5.82. The maximum Gasteiger partial charge on any atom is 0.248 e. The van der Waals surface area contributed by atoms with E-state index in [-0.39, 0.29) is 0 Å². The minimum absolute atomic E-state index is 0.401. The molecular formula is C16H14ClN5O2. The molecule has 1 amide bonds. The van der Waals surface area contributed by atoms with E-state index in [0.717, 1.165) is 11.3 Å². The molecule has 2 aromatic carbocycles. The van der Waals surface area contributed by atoms with Crippen LogP contribution in [0.2, 0.25) is 5.02 Å². The number of nitrogens with two attached hydrogens (primary N) is 1. The molecule has 8 heteroatoms. The third kappa shape index (κ3) is 3.88. The quantitative estimate of drug-likeness (QED) is 0.740. The van der Waals surface area contributed by atoms with Crippen molar-refractivity contribution in [2.24, 2.45) is 5.73 Å². The molecule has 0 aliphatic carbocycles. The van der Waals surface area contributed by atoms with Crippen LogP contribution in [0.1, 0.15) is 10.4 Å². The van der Waals surface area contributed by atoms with Gasteiger partial charge in [-0.1, -0.05) is 23.7 Å². The second kappa shape index (κ2) is 7.10. The van der Waals surface area contributed by atoms with Crippen LogP contribution in [-0.2, 0) is 6.54 Å². The average molecular weight is 344 g/mol. The van der Waals surface area contributed by atoms with E-state index < -0.39 is 5.91 Å². The van der Waals surface area contributed by atoms with Crippen LogP contribution in [0, 0.1) is 0 Å². The maximum atomic E-state index is 11.1. The van der Waals surface area contributed by atoms with Crippen molar-refractivity contribution in [2.45, 2.75) is 6.54 Å². The fourth-order valence-corrected chi connectivity index (χ4v) is 2.14. The highest BCUT2D eigenvalue weighted by Crippen LogP contribution is 2.16. The molecule has 24 heavy (non-hydrogen) atoms. The van der Waals surface area contributed by atoms with Gasteiger partial charge < -0.3 is 10.5 Å².